The van der Waals surface area contributed by atoms with E-state index in [2.05, 4.69) is 18.9 Å². The molecule has 118 valence electrons. The minimum atomic E-state index is -0.171. The highest BCUT2D eigenvalue weighted by molar-refractivity contribution is 5.16. The van der Waals surface area contributed by atoms with Crippen LogP contribution >= 0.6 is 0 Å². The molecule has 21 heavy (non-hydrogen) atoms. The van der Waals surface area contributed by atoms with Crippen molar-refractivity contribution >= 4 is 0 Å². The van der Waals surface area contributed by atoms with Crippen molar-refractivity contribution in [3.05, 3.63) is 35.6 Å². The average Bonchev–Trinajstić information content (AvgIpc) is 2.51. The van der Waals surface area contributed by atoms with Crippen molar-refractivity contribution in [2.45, 2.75) is 57.5 Å². The molecule has 0 aliphatic heterocycles. The maximum absolute atomic E-state index is 13.0. The van der Waals surface area contributed by atoms with Crippen LogP contribution in [0.15, 0.2) is 24.3 Å². The molecule has 0 saturated heterocycles. The third-order valence-electron chi connectivity index (χ3n) is 5.26. The first-order valence-corrected chi connectivity index (χ1v) is 8.25. The molecule has 1 aliphatic rings. The molecule has 2 nitrogen and oxygen atoms in total. The molecule has 0 spiro atoms. The van der Waals surface area contributed by atoms with Gasteiger partial charge in [0.05, 0.1) is 0 Å². The Morgan fingerprint density at radius 1 is 1.24 bits per heavy atom. The highest BCUT2D eigenvalue weighted by atomic mass is 19.1. The number of halogens is 1. The quantitative estimate of drug-likeness (QED) is 0.860. The normalized spacial score (nSPS) is 26.2. The van der Waals surface area contributed by atoms with Crippen LogP contribution in [0.1, 0.15) is 51.0 Å². The molecule has 0 aromatic heterocycles. The van der Waals surface area contributed by atoms with E-state index in [0.717, 1.165) is 18.0 Å². The van der Waals surface area contributed by atoms with Gasteiger partial charge in [-0.2, -0.15) is 0 Å². The Labute approximate surface area is 128 Å². The molecule has 1 aliphatic carbocycles. The van der Waals surface area contributed by atoms with Gasteiger partial charge in [-0.15, -0.1) is 0 Å². The Kier molecular flexibility index (Phi) is 5.77. The van der Waals surface area contributed by atoms with E-state index < -0.39 is 0 Å². The first-order valence-electron chi connectivity index (χ1n) is 8.25. The molecule has 0 unspecified atom stereocenters. The summed E-state index contributed by atoms with van der Waals surface area (Å²) in [7, 11) is 2.16. The minimum Gasteiger partial charge on any atom is -0.329 e. The van der Waals surface area contributed by atoms with Crippen molar-refractivity contribution in [1.29, 1.82) is 0 Å². The Balaban J connectivity index is 1.98. The number of hydrogen-bond donors (Lipinski definition) is 1. The summed E-state index contributed by atoms with van der Waals surface area (Å²) in [5.41, 5.74) is 7.41. The number of benzene rings is 1. The van der Waals surface area contributed by atoms with Gasteiger partial charge < -0.3 is 5.73 Å². The summed E-state index contributed by atoms with van der Waals surface area (Å²) in [6.07, 6.45) is 7.59. The van der Waals surface area contributed by atoms with Crippen LogP contribution in [-0.4, -0.2) is 24.0 Å². The van der Waals surface area contributed by atoms with Gasteiger partial charge in [0, 0.05) is 18.6 Å². The number of nitrogens with two attached hydrogens (primary N) is 1. The lowest BCUT2D eigenvalue weighted by atomic mass is 9.74. The largest absolute Gasteiger partial charge is 0.329 e. The fourth-order valence-corrected chi connectivity index (χ4v) is 3.68. The molecule has 2 N–H and O–H groups in total. The lowest BCUT2D eigenvalue weighted by molar-refractivity contribution is 0.0569. The molecular weight excluding hydrogens is 263 g/mol. The zero-order chi connectivity index (χ0) is 15.3. The molecule has 1 saturated carbocycles. The molecule has 0 atom stereocenters. The van der Waals surface area contributed by atoms with Gasteiger partial charge in [0.1, 0.15) is 5.82 Å². The number of nitrogens with zero attached hydrogens (tertiary/aromatic N) is 1. The molecule has 0 amide bonds. The van der Waals surface area contributed by atoms with Crippen LogP contribution in [-0.2, 0) is 6.54 Å². The SMILES string of the molecule is CCCC1CCC(CN)(N(C)Cc2ccc(F)cc2)CC1. The van der Waals surface area contributed by atoms with Gasteiger partial charge in [0.25, 0.3) is 0 Å². The van der Waals surface area contributed by atoms with Crippen LogP contribution in [0.2, 0.25) is 0 Å². The lowest BCUT2D eigenvalue weighted by Gasteiger charge is -2.46. The highest BCUT2D eigenvalue weighted by Crippen LogP contribution is 2.37. The van der Waals surface area contributed by atoms with Gasteiger partial charge in [0.15, 0.2) is 0 Å². The summed E-state index contributed by atoms with van der Waals surface area (Å²) in [5.74, 6) is 0.712. The van der Waals surface area contributed by atoms with Crippen molar-refractivity contribution in [1.82, 2.24) is 4.90 Å². The zero-order valence-corrected chi connectivity index (χ0v) is 13.4. The Morgan fingerprint density at radius 2 is 1.86 bits per heavy atom. The van der Waals surface area contributed by atoms with E-state index in [4.69, 9.17) is 5.73 Å². The monoisotopic (exact) mass is 292 g/mol. The van der Waals surface area contributed by atoms with Crippen molar-refractivity contribution in [3.63, 3.8) is 0 Å². The van der Waals surface area contributed by atoms with Crippen molar-refractivity contribution < 1.29 is 4.39 Å². The zero-order valence-electron chi connectivity index (χ0n) is 13.4. The Hall–Kier alpha value is -0.930. The summed E-state index contributed by atoms with van der Waals surface area (Å²) in [6.45, 7) is 3.82. The van der Waals surface area contributed by atoms with Gasteiger partial charge >= 0.3 is 0 Å². The second-order valence-corrected chi connectivity index (χ2v) is 6.64. The fraction of sp³-hybridized carbons (Fsp3) is 0.667. The van der Waals surface area contributed by atoms with Crippen molar-refractivity contribution in [3.8, 4) is 0 Å². The average molecular weight is 292 g/mol. The smallest absolute Gasteiger partial charge is 0.123 e. The summed E-state index contributed by atoms with van der Waals surface area (Å²) < 4.78 is 13.0. The fourth-order valence-electron chi connectivity index (χ4n) is 3.68. The van der Waals surface area contributed by atoms with E-state index in [1.165, 1.54) is 50.7 Å². The second-order valence-electron chi connectivity index (χ2n) is 6.64. The van der Waals surface area contributed by atoms with E-state index in [1.54, 1.807) is 0 Å². The van der Waals surface area contributed by atoms with Gasteiger partial charge in [-0.05, 0) is 56.3 Å². The Morgan fingerprint density at radius 3 is 2.38 bits per heavy atom. The van der Waals surface area contributed by atoms with E-state index in [9.17, 15) is 4.39 Å². The van der Waals surface area contributed by atoms with Gasteiger partial charge in [-0.3, -0.25) is 4.90 Å². The molecule has 3 heteroatoms. The van der Waals surface area contributed by atoms with E-state index >= 15 is 0 Å². The van der Waals surface area contributed by atoms with Gasteiger partial charge in [-0.25, -0.2) is 4.39 Å². The number of rotatable bonds is 6. The van der Waals surface area contributed by atoms with Gasteiger partial charge in [-0.1, -0.05) is 31.9 Å². The maximum atomic E-state index is 13.0. The predicted octanol–water partition coefficient (Wildman–Crippen LogP) is 3.95. The summed E-state index contributed by atoms with van der Waals surface area (Å²) in [5, 5.41) is 0. The van der Waals surface area contributed by atoms with Crippen LogP contribution in [0.3, 0.4) is 0 Å². The predicted molar refractivity (Wildman–Crippen MR) is 86.5 cm³/mol. The molecule has 0 heterocycles. The topological polar surface area (TPSA) is 29.3 Å². The highest BCUT2D eigenvalue weighted by Gasteiger charge is 2.37. The molecule has 1 aromatic carbocycles. The molecule has 0 bridgehead atoms. The number of hydrogen-bond acceptors (Lipinski definition) is 2. The van der Waals surface area contributed by atoms with Crippen LogP contribution in [0.4, 0.5) is 4.39 Å². The van der Waals surface area contributed by atoms with E-state index in [-0.39, 0.29) is 11.4 Å². The first-order chi connectivity index (χ1) is 10.1. The summed E-state index contributed by atoms with van der Waals surface area (Å²) >= 11 is 0. The van der Waals surface area contributed by atoms with Crippen LogP contribution in [0.5, 0.6) is 0 Å². The van der Waals surface area contributed by atoms with Crippen LogP contribution in [0.25, 0.3) is 0 Å². The third kappa shape index (κ3) is 4.04. The Bertz CT molecular complexity index is 421. The molecule has 0 radical (unpaired) electrons. The maximum Gasteiger partial charge on any atom is 0.123 e. The summed E-state index contributed by atoms with van der Waals surface area (Å²) in [6, 6.07) is 6.82. The van der Waals surface area contributed by atoms with Crippen molar-refractivity contribution in [2.75, 3.05) is 13.6 Å². The van der Waals surface area contributed by atoms with Crippen LogP contribution in [0, 0.1) is 11.7 Å². The molecule has 1 fully saturated rings. The molecule has 2 rings (SSSR count). The number of likely N-dealkylation sites (N-methyl/N-ethyl adjacent to an activating group) is 1. The second kappa shape index (κ2) is 7.37. The summed E-state index contributed by atoms with van der Waals surface area (Å²) in [4.78, 5) is 2.39. The molecule has 1 aromatic rings. The standard InChI is InChI=1S/C18H29FN2/c1-3-4-15-9-11-18(14-20,12-10-15)21(2)13-16-5-7-17(19)8-6-16/h5-8,15H,3-4,9-14,20H2,1-2H3. The van der Waals surface area contributed by atoms with Crippen LogP contribution < -0.4 is 5.73 Å². The minimum absolute atomic E-state index is 0.124. The van der Waals surface area contributed by atoms with Gasteiger partial charge in [0.2, 0.25) is 0 Å². The van der Waals surface area contributed by atoms with E-state index in [1.807, 2.05) is 12.1 Å². The van der Waals surface area contributed by atoms with E-state index in [0.29, 0.717) is 6.54 Å². The molecular formula is C18H29FN2. The lowest BCUT2D eigenvalue weighted by Crippen LogP contribution is -2.53. The van der Waals surface area contributed by atoms with Crippen molar-refractivity contribution in [2.24, 2.45) is 11.7 Å². The third-order valence-corrected chi connectivity index (χ3v) is 5.26. The first kappa shape index (κ1) is 16.4.